The summed E-state index contributed by atoms with van der Waals surface area (Å²) in [5.41, 5.74) is 0.793. The Morgan fingerprint density at radius 2 is 1.96 bits per heavy atom. The first-order valence-corrected chi connectivity index (χ1v) is 8.83. The second-order valence-electron chi connectivity index (χ2n) is 5.54. The van der Waals surface area contributed by atoms with Crippen molar-refractivity contribution in [3.63, 3.8) is 0 Å². The Bertz CT molecular complexity index is 1160. The molecule has 0 saturated heterocycles. The van der Waals surface area contributed by atoms with Crippen molar-refractivity contribution < 1.29 is 19.2 Å². The van der Waals surface area contributed by atoms with Crippen LogP contribution in [0, 0.1) is 22.5 Å². The molecule has 0 saturated carbocycles. The highest BCUT2D eigenvalue weighted by Gasteiger charge is 2.19. The lowest BCUT2D eigenvalue weighted by atomic mass is 10.1. The lowest BCUT2D eigenvalue weighted by Crippen LogP contribution is -2.17. The number of terminal acetylenes is 1. The minimum absolute atomic E-state index is 0.0501. The van der Waals surface area contributed by atoms with Crippen LogP contribution in [0.25, 0.3) is 10.2 Å². The van der Waals surface area contributed by atoms with Crippen LogP contribution < -0.4 is 14.3 Å². The van der Waals surface area contributed by atoms with Gasteiger partial charge in [-0.3, -0.25) is 14.9 Å². The number of ether oxygens (including phenoxy) is 2. The zero-order valence-electron chi connectivity index (χ0n) is 15.0. The number of benzene rings is 2. The summed E-state index contributed by atoms with van der Waals surface area (Å²) in [6.07, 6.45) is 5.45. The predicted molar refractivity (Wildman–Crippen MR) is 105 cm³/mol. The molecule has 0 N–H and O–H groups in total. The van der Waals surface area contributed by atoms with Gasteiger partial charge in [-0.1, -0.05) is 23.3 Å². The van der Waals surface area contributed by atoms with Crippen LogP contribution in [0.15, 0.2) is 41.4 Å². The molecule has 8 nitrogen and oxygen atoms in total. The van der Waals surface area contributed by atoms with Crippen molar-refractivity contribution in [1.82, 2.24) is 4.57 Å². The third kappa shape index (κ3) is 3.45. The van der Waals surface area contributed by atoms with Gasteiger partial charge in [0.15, 0.2) is 4.80 Å². The number of carbonyl (C=O) groups is 1. The summed E-state index contributed by atoms with van der Waals surface area (Å²) in [7, 11) is 2.89. The first-order chi connectivity index (χ1) is 13.5. The van der Waals surface area contributed by atoms with Crippen LogP contribution in [0.2, 0.25) is 0 Å². The minimum Gasteiger partial charge on any atom is -0.496 e. The first kappa shape index (κ1) is 19.1. The van der Waals surface area contributed by atoms with Gasteiger partial charge in [-0.15, -0.1) is 6.42 Å². The molecule has 0 aliphatic carbocycles. The molecule has 9 heteroatoms. The summed E-state index contributed by atoms with van der Waals surface area (Å²) >= 11 is 1.14. The molecule has 0 aliphatic heterocycles. The number of rotatable bonds is 5. The van der Waals surface area contributed by atoms with Crippen molar-refractivity contribution in [3.05, 3.63) is 56.9 Å². The van der Waals surface area contributed by atoms with Gasteiger partial charge >= 0.3 is 0 Å². The molecule has 28 heavy (non-hydrogen) atoms. The second kappa shape index (κ2) is 7.94. The molecule has 0 unspecified atom stereocenters. The molecule has 0 fully saturated rings. The Kier molecular flexibility index (Phi) is 5.42. The molecule has 142 valence electrons. The highest BCUT2D eigenvalue weighted by molar-refractivity contribution is 7.16. The molecular formula is C19H15N3O5S. The van der Waals surface area contributed by atoms with E-state index < -0.39 is 10.8 Å². The molecule has 0 radical (unpaired) electrons. The van der Waals surface area contributed by atoms with Crippen LogP contribution >= 0.6 is 11.3 Å². The van der Waals surface area contributed by atoms with Crippen LogP contribution in [0.1, 0.15) is 10.4 Å². The van der Waals surface area contributed by atoms with E-state index in [1.807, 2.05) is 0 Å². The molecule has 0 spiro atoms. The van der Waals surface area contributed by atoms with E-state index in [4.69, 9.17) is 15.9 Å². The number of methoxy groups -OCH3 is 2. The van der Waals surface area contributed by atoms with E-state index in [2.05, 4.69) is 10.9 Å². The standard InChI is InChI=1S/C19H15N3O5S/c1-4-10-21-13-9-8-12(22(24)25)11-16(13)28-19(21)20-18(23)17-14(26-2)6-5-7-15(17)27-3/h1,5-9,11H,10H2,2-3H3. The number of aromatic nitrogens is 1. The number of nitro benzene ring substituents is 1. The molecule has 1 amide bonds. The van der Waals surface area contributed by atoms with Gasteiger partial charge in [-0.2, -0.15) is 4.99 Å². The maximum Gasteiger partial charge on any atom is 0.287 e. The maximum atomic E-state index is 12.9. The Balaban J connectivity index is 2.21. The van der Waals surface area contributed by atoms with Crippen LogP contribution in [0.4, 0.5) is 5.69 Å². The SMILES string of the molecule is C#CCn1c(=NC(=O)c2c(OC)cccc2OC)sc2cc([N+](=O)[O-])ccc21. The monoisotopic (exact) mass is 397 g/mol. The third-order valence-electron chi connectivity index (χ3n) is 3.97. The largest absolute Gasteiger partial charge is 0.496 e. The summed E-state index contributed by atoms with van der Waals surface area (Å²) in [5, 5.41) is 11.0. The second-order valence-corrected chi connectivity index (χ2v) is 6.55. The van der Waals surface area contributed by atoms with Crippen LogP contribution in [0.3, 0.4) is 0 Å². The average Bonchev–Trinajstić information content (AvgIpc) is 3.03. The van der Waals surface area contributed by atoms with Crippen LogP contribution in [-0.4, -0.2) is 29.6 Å². The topological polar surface area (TPSA) is 96.0 Å². The smallest absolute Gasteiger partial charge is 0.287 e. The number of carbonyl (C=O) groups excluding carboxylic acids is 1. The molecule has 3 rings (SSSR count). The van der Waals surface area contributed by atoms with Gasteiger partial charge in [-0.05, 0) is 18.2 Å². The van der Waals surface area contributed by atoms with E-state index in [0.717, 1.165) is 11.3 Å². The summed E-state index contributed by atoms with van der Waals surface area (Å²) in [6.45, 7) is 0.160. The predicted octanol–water partition coefficient (Wildman–Crippen LogP) is 3.00. The molecule has 2 aromatic carbocycles. The summed E-state index contributed by atoms with van der Waals surface area (Å²) in [5.74, 6) is 2.60. The number of hydrogen-bond donors (Lipinski definition) is 0. The fraction of sp³-hybridized carbons (Fsp3) is 0.158. The number of nitrogens with zero attached hydrogens (tertiary/aromatic N) is 3. The normalized spacial score (nSPS) is 11.2. The molecule has 1 aromatic heterocycles. The van der Waals surface area contributed by atoms with Gasteiger partial charge in [0.2, 0.25) is 0 Å². The van der Waals surface area contributed by atoms with E-state index in [-0.39, 0.29) is 17.8 Å². The number of hydrogen-bond acceptors (Lipinski definition) is 6. The Labute approximate surface area is 163 Å². The fourth-order valence-electron chi connectivity index (χ4n) is 2.71. The van der Waals surface area contributed by atoms with Crippen molar-refractivity contribution in [2.75, 3.05) is 14.2 Å². The average molecular weight is 397 g/mol. The fourth-order valence-corrected chi connectivity index (χ4v) is 3.77. The zero-order valence-corrected chi connectivity index (χ0v) is 15.9. The van der Waals surface area contributed by atoms with Gasteiger partial charge in [-0.25, -0.2) is 0 Å². The van der Waals surface area contributed by atoms with Crippen LogP contribution in [0.5, 0.6) is 11.5 Å². The summed E-state index contributed by atoms with van der Waals surface area (Å²) < 4.78 is 12.8. The van der Waals surface area contributed by atoms with E-state index in [9.17, 15) is 14.9 Å². The molecule has 3 aromatic rings. The first-order valence-electron chi connectivity index (χ1n) is 8.01. The third-order valence-corrected chi connectivity index (χ3v) is 5.01. The molecule has 0 bridgehead atoms. The Morgan fingerprint density at radius 1 is 1.29 bits per heavy atom. The van der Waals surface area contributed by atoms with Crippen molar-refractivity contribution in [3.8, 4) is 23.8 Å². The van der Waals surface area contributed by atoms with Gasteiger partial charge in [0.05, 0.1) is 35.9 Å². The Morgan fingerprint density at radius 3 is 2.54 bits per heavy atom. The number of amides is 1. The van der Waals surface area contributed by atoms with Gasteiger partial charge in [0.25, 0.3) is 11.6 Å². The number of fused-ring (bicyclic) bond motifs is 1. The maximum absolute atomic E-state index is 12.9. The number of non-ortho nitro benzene ring substituents is 1. The lowest BCUT2D eigenvalue weighted by Gasteiger charge is -2.09. The van der Waals surface area contributed by atoms with Gasteiger partial charge in [0, 0.05) is 12.1 Å². The lowest BCUT2D eigenvalue weighted by molar-refractivity contribution is -0.384. The van der Waals surface area contributed by atoms with Crippen molar-refractivity contribution >= 4 is 33.1 Å². The number of thiazole rings is 1. The molecule has 1 heterocycles. The minimum atomic E-state index is -0.568. The number of nitro groups is 1. The van der Waals surface area contributed by atoms with Crippen molar-refractivity contribution in [2.24, 2.45) is 4.99 Å². The summed E-state index contributed by atoms with van der Waals surface area (Å²) in [6, 6.07) is 9.38. The highest BCUT2D eigenvalue weighted by Crippen LogP contribution is 2.29. The van der Waals surface area contributed by atoms with E-state index >= 15 is 0 Å². The molecule has 0 atom stereocenters. The van der Waals surface area contributed by atoms with Gasteiger partial charge in [0.1, 0.15) is 17.1 Å². The quantitative estimate of drug-likeness (QED) is 0.375. The molecular weight excluding hydrogens is 382 g/mol. The van der Waals surface area contributed by atoms with Gasteiger partial charge < -0.3 is 14.0 Å². The van der Waals surface area contributed by atoms with E-state index in [1.54, 1.807) is 28.8 Å². The zero-order chi connectivity index (χ0) is 20.3. The van der Waals surface area contributed by atoms with Crippen LogP contribution in [-0.2, 0) is 6.54 Å². The van der Waals surface area contributed by atoms with E-state index in [0.29, 0.717) is 26.5 Å². The molecule has 0 aliphatic rings. The Hall–Kier alpha value is -3.64. The summed E-state index contributed by atoms with van der Waals surface area (Å²) in [4.78, 5) is 28.0. The van der Waals surface area contributed by atoms with Crippen molar-refractivity contribution in [1.29, 1.82) is 0 Å². The van der Waals surface area contributed by atoms with E-state index in [1.165, 1.54) is 26.4 Å². The van der Waals surface area contributed by atoms with Crippen molar-refractivity contribution in [2.45, 2.75) is 6.54 Å². The highest BCUT2D eigenvalue weighted by atomic mass is 32.1.